The fraction of sp³-hybridized carbons (Fsp3) is 0. The predicted octanol–water partition coefficient (Wildman–Crippen LogP) is 4.36. The molecule has 0 unspecified atom stereocenters. The molecule has 1 heterocycles. The molecule has 0 spiro atoms. The zero-order valence-electron chi connectivity index (χ0n) is 15.1. The second kappa shape index (κ2) is 10.0. The molecule has 0 saturated heterocycles. The van der Waals surface area contributed by atoms with Crippen molar-refractivity contribution < 1.29 is 19.1 Å². The number of hydrogen-bond acceptors (Lipinski definition) is 6. The molecule has 0 aliphatic heterocycles. The Morgan fingerprint density at radius 2 is 1.73 bits per heavy atom. The molecule has 2 aromatic carbocycles. The van der Waals surface area contributed by atoms with E-state index in [-0.39, 0.29) is 5.02 Å². The molecule has 152 valence electrons. The first-order valence-corrected chi connectivity index (χ1v) is 10.0. The summed E-state index contributed by atoms with van der Waals surface area (Å²) in [4.78, 5) is 36.1. The van der Waals surface area contributed by atoms with E-state index in [1.165, 1.54) is 35.8 Å². The van der Waals surface area contributed by atoms with Crippen LogP contribution >= 0.6 is 34.5 Å². The van der Waals surface area contributed by atoms with Gasteiger partial charge in [-0.25, -0.2) is 10.2 Å². The number of hydrogen-bond donors (Lipinski definition) is 2. The number of hydrazone groups is 1. The monoisotopic (exact) mass is 461 g/mol. The average molecular weight is 462 g/mol. The summed E-state index contributed by atoms with van der Waals surface area (Å²) in [5.74, 6) is -1.94. The summed E-state index contributed by atoms with van der Waals surface area (Å²) in [6.45, 7) is 0. The second-order valence-corrected chi connectivity index (χ2v) is 7.48. The minimum Gasteiger partial charge on any atom is -0.422 e. The molecule has 2 N–H and O–H groups in total. The molecule has 3 aromatic rings. The number of carbonyl (C=O) groups excluding carboxylic acids is 3. The number of esters is 1. The quantitative estimate of drug-likeness (QED) is 0.194. The van der Waals surface area contributed by atoms with Crippen LogP contribution < -0.4 is 15.5 Å². The summed E-state index contributed by atoms with van der Waals surface area (Å²) < 4.78 is 5.25. The minimum atomic E-state index is -0.959. The maximum atomic E-state index is 11.9. The van der Waals surface area contributed by atoms with Crippen molar-refractivity contribution in [1.82, 2.24) is 5.43 Å². The van der Waals surface area contributed by atoms with Gasteiger partial charge in [-0.2, -0.15) is 5.10 Å². The first-order valence-electron chi connectivity index (χ1n) is 8.37. The number of nitrogens with zero attached hydrogens (tertiary/aromatic N) is 1. The summed E-state index contributed by atoms with van der Waals surface area (Å²) in [5, 5.41) is 8.47. The molecular weight excluding hydrogens is 449 g/mol. The largest absolute Gasteiger partial charge is 0.422 e. The van der Waals surface area contributed by atoms with Gasteiger partial charge in [-0.05, 0) is 59.5 Å². The number of rotatable bonds is 5. The molecule has 10 heteroatoms. The summed E-state index contributed by atoms with van der Waals surface area (Å²) >= 11 is 12.9. The number of thiophene rings is 1. The van der Waals surface area contributed by atoms with E-state index >= 15 is 0 Å². The number of benzene rings is 2. The van der Waals surface area contributed by atoms with E-state index in [0.717, 1.165) is 0 Å². The minimum absolute atomic E-state index is 0.248. The topological polar surface area (TPSA) is 96.9 Å². The predicted molar refractivity (Wildman–Crippen MR) is 117 cm³/mol. The Kier molecular flexibility index (Phi) is 7.18. The van der Waals surface area contributed by atoms with Crippen molar-refractivity contribution >= 4 is 64.2 Å². The van der Waals surface area contributed by atoms with Crippen LogP contribution in [0.25, 0.3) is 0 Å². The number of amides is 2. The van der Waals surface area contributed by atoms with Crippen LogP contribution in [-0.4, -0.2) is 24.0 Å². The van der Waals surface area contributed by atoms with Crippen LogP contribution in [0, 0.1) is 0 Å². The van der Waals surface area contributed by atoms with Crippen LogP contribution in [0.3, 0.4) is 0 Å². The zero-order valence-corrected chi connectivity index (χ0v) is 17.4. The average Bonchev–Trinajstić information content (AvgIpc) is 3.27. The van der Waals surface area contributed by atoms with E-state index in [1.54, 1.807) is 41.8 Å². The van der Waals surface area contributed by atoms with Gasteiger partial charge in [0, 0.05) is 5.69 Å². The number of anilines is 1. The van der Waals surface area contributed by atoms with Crippen molar-refractivity contribution in [1.29, 1.82) is 0 Å². The van der Waals surface area contributed by atoms with Gasteiger partial charge in [0.05, 0.1) is 16.3 Å². The Labute approximate surface area is 185 Å². The third-order valence-electron chi connectivity index (χ3n) is 3.58. The van der Waals surface area contributed by atoms with Gasteiger partial charge in [0.15, 0.2) is 0 Å². The normalized spacial score (nSPS) is 10.6. The van der Waals surface area contributed by atoms with Crippen LogP contribution in [0.4, 0.5) is 5.69 Å². The van der Waals surface area contributed by atoms with E-state index in [4.69, 9.17) is 27.9 Å². The number of ether oxygens (including phenoxy) is 1. The molecule has 0 aliphatic carbocycles. The molecule has 0 radical (unpaired) electrons. The van der Waals surface area contributed by atoms with Gasteiger partial charge in [0.2, 0.25) is 0 Å². The van der Waals surface area contributed by atoms with Crippen LogP contribution in [-0.2, 0) is 9.59 Å². The third kappa shape index (κ3) is 5.90. The first-order chi connectivity index (χ1) is 14.4. The third-order valence-corrected chi connectivity index (χ3v) is 5.17. The van der Waals surface area contributed by atoms with E-state index < -0.39 is 17.8 Å². The van der Waals surface area contributed by atoms with Gasteiger partial charge < -0.3 is 10.1 Å². The first kappa shape index (κ1) is 21.5. The standard InChI is InChI=1S/C20H13Cl2N3O4S/c21-15-8-5-13(10-16(15)22)24-18(26)19(27)25-23-11-12-3-6-14(7-4-12)29-20(28)17-2-1-9-30-17/h1-11H,(H,24,26)(H,25,27)/b23-11-. The molecule has 1 aromatic heterocycles. The highest BCUT2D eigenvalue weighted by Gasteiger charge is 2.13. The summed E-state index contributed by atoms with van der Waals surface area (Å²) in [5.41, 5.74) is 3.06. The Balaban J connectivity index is 1.50. The molecule has 0 aliphatic rings. The lowest BCUT2D eigenvalue weighted by Crippen LogP contribution is -2.32. The fourth-order valence-corrected chi connectivity index (χ4v) is 3.05. The van der Waals surface area contributed by atoms with E-state index in [2.05, 4.69) is 15.8 Å². The van der Waals surface area contributed by atoms with Crippen molar-refractivity contribution in [3.05, 3.63) is 80.5 Å². The maximum absolute atomic E-state index is 11.9. The van der Waals surface area contributed by atoms with Gasteiger partial charge >= 0.3 is 17.8 Å². The van der Waals surface area contributed by atoms with Gasteiger partial charge in [-0.1, -0.05) is 29.3 Å². The van der Waals surface area contributed by atoms with Crippen molar-refractivity contribution in [2.45, 2.75) is 0 Å². The lowest BCUT2D eigenvalue weighted by atomic mass is 10.2. The van der Waals surface area contributed by atoms with Crippen molar-refractivity contribution in [3.8, 4) is 5.75 Å². The molecule has 3 rings (SSSR count). The summed E-state index contributed by atoms with van der Waals surface area (Å²) in [7, 11) is 0. The molecule has 0 atom stereocenters. The van der Waals surface area contributed by atoms with Gasteiger partial charge in [0.25, 0.3) is 0 Å². The van der Waals surface area contributed by atoms with Crippen molar-refractivity contribution in [2.24, 2.45) is 5.10 Å². The summed E-state index contributed by atoms with van der Waals surface area (Å²) in [6, 6.07) is 14.3. The highest BCUT2D eigenvalue weighted by Crippen LogP contribution is 2.24. The number of carbonyl (C=O) groups is 3. The lowest BCUT2D eigenvalue weighted by Gasteiger charge is -2.05. The molecule has 30 heavy (non-hydrogen) atoms. The van der Waals surface area contributed by atoms with Crippen molar-refractivity contribution in [3.63, 3.8) is 0 Å². The SMILES string of the molecule is O=C(N/N=C\c1ccc(OC(=O)c2cccs2)cc1)C(=O)Nc1ccc(Cl)c(Cl)c1. The van der Waals surface area contributed by atoms with Crippen molar-refractivity contribution in [2.75, 3.05) is 5.32 Å². The smallest absolute Gasteiger partial charge is 0.353 e. The maximum Gasteiger partial charge on any atom is 0.353 e. The fourth-order valence-electron chi connectivity index (χ4n) is 2.15. The molecule has 0 bridgehead atoms. The van der Waals surface area contributed by atoms with Crippen LogP contribution in [0.2, 0.25) is 10.0 Å². The van der Waals surface area contributed by atoms with Crippen LogP contribution in [0.15, 0.2) is 65.1 Å². The Morgan fingerprint density at radius 1 is 0.967 bits per heavy atom. The second-order valence-electron chi connectivity index (χ2n) is 5.72. The Hall–Kier alpha value is -3.20. The Morgan fingerprint density at radius 3 is 2.40 bits per heavy atom. The molecule has 7 nitrogen and oxygen atoms in total. The zero-order chi connectivity index (χ0) is 21.5. The molecular formula is C20H13Cl2N3O4S. The van der Waals surface area contributed by atoms with Crippen LogP contribution in [0.5, 0.6) is 5.75 Å². The molecule has 2 amide bonds. The van der Waals surface area contributed by atoms with Gasteiger partial charge in [-0.3, -0.25) is 9.59 Å². The summed E-state index contributed by atoms with van der Waals surface area (Å²) in [6.07, 6.45) is 1.34. The van der Waals surface area contributed by atoms with E-state index in [1.807, 2.05) is 0 Å². The molecule has 0 saturated carbocycles. The van der Waals surface area contributed by atoms with E-state index in [9.17, 15) is 14.4 Å². The van der Waals surface area contributed by atoms with Gasteiger partial charge in [0.1, 0.15) is 10.6 Å². The highest BCUT2D eigenvalue weighted by molar-refractivity contribution is 7.12. The van der Waals surface area contributed by atoms with E-state index in [0.29, 0.717) is 26.9 Å². The number of halogens is 2. The lowest BCUT2D eigenvalue weighted by molar-refractivity contribution is -0.136. The van der Waals surface area contributed by atoms with Crippen LogP contribution in [0.1, 0.15) is 15.2 Å². The van der Waals surface area contributed by atoms with Gasteiger partial charge in [-0.15, -0.1) is 11.3 Å². The highest BCUT2D eigenvalue weighted by atomic mass is 35.5. The number of nitrogens with one attached hydrogen (secondary N) is 2. The Bertz CT molecular complexity index is 1100. The molecule has 0 fully saturated rings.